The van der Waals surface area contributed by atoms with E-state index in [4.69, 9.17) is 0 Å². The van der Waals surface area contributed by atoms with Crippen LogP contribution in [0.15, 0.2) is 54.6 Å². The van der Waals surface area contributed by atoms with E-state index in [1.807, 2.05) is 51.1 Å². The van der Waals surface area contributed by atoms with Gasteiger partial charge in [0.05, 0.1) is 6.42 Å². The molecule has 1 spiro atoms. The molecule has 2 saturated heterocycles. The number of benzene rings is 2. The van der Waals surface area contributed by atoms with Gasteiger partial charge in [0.1, 0.15) is 0 Å². The highest BCUT2D eigenvalue weighted by molar-refractivity contribution is 5.95. The van der Waals surface area contributed by atoms with Gasteiger partial charge < -0.3 is 9.80 Å². The van der Waals surface area contributed by atoms with Crippen LogP contribution in [-0.4, -0.2) is 54.5 Å². The van der Waals surface area contributed by atoms with Crippen LogP contribution in [0.3, 0.4) is 0 Å². The van der Waals surface area contributed by atoms with Gasteiger partial charge in [-0.15, -0.1) is 0 Å². The van der Waals surface area contributed by atoms with Crippen molar-refractivity contribution in [3.8, 4) is 0 Å². The molecule has 3 amide bonds. The fourth-order valence-electron chi connectivity index (χ4n) is 5.37. The number of carbonyl (C=O) groups is 2. The summed E-state index contributed by atoms with van der Waals surface area (Å²) < 4.78 is 0. The van der Waals surface area contributed by atoms with Crippen LogP contribution in [0.1, 0.15) is 36.8 Å². The Kier molecular flexibility index (Phi) is 4.97. The molecule has 5 heteroatoms. The first kappa shape index (κ1) is 19.2. The minimum Gasteiger partial charge on any atom is -0.342 e. The van der Waals surface area contributed by atoms with Gasteiger partial charge >= 0.3 is 6.03 Å². The summed E-state index contributed by atoms with van der Waals surface area (Å²) in [7, 11) is 0. The van der Waals surface area contributed by atoms with Crippen LogP contribution < -0.4 is 4.90 Å². The topological polar surface area (TPSA) is 43.9 Å². The normalized spacial score (nSPS) is 19.9. The highest BCUT2D eigenvalue weighted by atomic mass is 16.2. The van der Waals surface area contributed by atoms with Gasteiger partial charge in [-0.3, -0.25) is 9.69 Å². The second-order valence-corrected chi connectivity index (χ2v) is 8.90. The quantitative estimate of drug-likeness (QED) is 0.765. The zero-order chi connectivity index (χ0) is 20.6. The maximum absolute atomic E-state index is 13.2. The number of urea groups is 1. The molecule has 3 aliphatic rings. The Morgan fingerprint density at radius 3 is 2.20 bits per heavy atom. The van der Waals surface area contributed by atoms with Crippen molar-refractivity contribution in [1.82, 2.24) is 9.80 Å². The van der Waals surface area contributed by atoms with Crippen molar-refractivity contribution < 1.29 is 9.59 Å². The third-order valence-electron chi connectivity index (χ3n) is 7.11. The van der Waals surface area contributed by atoms with E-state index in [0.717, 1.165) is 69.7 Å². The first-order chi connectivity index (χ1) is 14.7. The first-order valence-corrected chi connectivity index (χ1v) is 11.1. The van der Waals surface area contributed by atoms with E-state index < -0.39 is 0 Å². The van der Waals surface area contributed by atoms with E-state index in [9.17, 15) is 9.59 Å². The maximum atomic E-state index is 13.2. The van der Waals surface area contributed by atoms with E-state index in [0.29, 0.717) is 6.42 Å². The molecule has 0 unspecified atom stereocenters. The molecule has 2 aromatic rings. The minimum absolute atomic E-state index is 0.0322. The molecule has 0 saturated carbocycles. The maximum Gasteiger partial charge on any atom is 0.324 e. The summed E-state index contributed by atoms with van der Waals surface area (Å²) in [5.74, 6) is 0.201. The van der Waals surface area contributed by atoms with Crippen LogP contribution in [0.5, 0.6) is 0 Å². The van der Waals surface area contributed by atoms with Crippen molar-refractivity contribution in [2.75, 3.05) is 37.6 Å². The van der Waals surface area contributed by atoms with Gasteiger partial charge in [0.15, 0.2) is 0 Å². The van der Waals surface area contributed by atoms with Crippen LogP contribution in [-0.2, 0) is 16.6 Å². The lowest BCUT2D eigenvalue weighted by Crippen LogP contribution is -2.49. The molecule has 0 radical (unpaired) electrons. The Hall–Kier alpha value is -2.82. The number of fused-ring (bicyclic) bond motifs is 2. The third-order valence-corrected chi connectivity index (χ3v) is 7.11. The molecule has 0 aromatic heterocycles. The van der Waals surface area contributed by atoms with E-state index in [1.54, 1.807) is 0 Å². The number of carbonyl (C=O) groups excluding carboxylic acids is 2. The van der Waals surface area contributed by atoms with Crippen molar-refractivity contribution >= 4 is 17.6 Å². The molecule has 5 nitrogen and oxygen atoms in total. The number of nitrogens with zero attached hydrogens (tertiary/aromatic N) is 3. The van der Waals surface area contributed by atoms with Gasteiger partial charge in [0.25, 0.3) is 0 Å². The van der Waals surface area contributed by atoms with Crippen molar-refractivity contribution in [3.05, 3.63) is 65.7 Å². The molecule has 3 aliphatic heterocycles. The van der Waals surface area contributed by atoms with E-state index >= 15 is 0 Å². The van der Waals surface area contributed by atoms with Gasteiger partial charge in [0.2, 0.25) is 5.91 Å². The number of para-hydroxylation sites is 1. The Balaban J connectivity index is 1.31. The van der Waals surface area contributed by atoms with Crippen molar-refractivity contribution in [2.45, 2.75) is 37.5 Å². The van der Waals surface area contributed by atoms with Crippen molar-refractivity contribution in [2.24, 2.45) is 0 Å². The van der Waals surface area contributed by atoms with Crippen LogP contribution >= 0.6 is 0 Å². The van der Waals surface area contributed by atoms with E-state index in [1.165, 1.54) is 5.56 Å². The van der Waals surface area contributed by atoms with Gasteiger partial charge in [-0.2, -0.15) is 0 Å². The van der Waals surface area contributed by atoms with Gasteiger partial charge in [0, 0.05) is 43.8 Å². The second-order valence-electron chi connectivity index (χ2n) is 8.90. The lowest BCUT2D eigenvalue weighted by Gasteiger charge is -2.40. The summed E-state index contributed by atoms with van der Waals surface area (Å²) >= 11 is 0. The number of rotatable bonds is 2. The summed E-state index contributed by atoms with van der Waals surface area (Å²) in [4.78, 5) is 32.0. The number of anilines is 1. The Labute approximate surface area is 178 Å². The standard InChI is InChI=1S/C25H29N3O2/c29-23(18-20-8-2-1-3-9-20)26-16-12-25(13-17-26)19-28(22-11-5-4-10-21(22)25)24(30)27-14-6-7-15-27/h1-5,8-11H,6-7,12-19H2. The van der Waals surface area contributed by atoms with Gasteiger partial charge in [-0.05, 0) is 42.9 Å². The molecule has 156 valence electrons. The SMILES string of the molecule is O=C(Cc1ccccc1)N1CCC2(CC1)CN(C(=O)N1CCCC1)c1ccccc12. The molecule has 0 atom stereocenters. The highest BCUT2D eigenvalue weighted by Gasteiger charge is 2.47. The molecular weight excluding hydrogens is 374 g/mol. The first-order valence-electron chi connectivity index (χ1n) is 11.1. The van der Waals surface area contributed by atoms with Crippen LogP contribution in [0.2, 0.25) is 0 Å². The Morgan fingerprint density at radius 2 is 1.47 bits per heavy atom. The molecule has 5 rings (SSSR count). The average molecular weight is 404 g/mol. The summed E-state index contributed by atoms with van der Waals surface area (Å²) in [6.45, 7) is 3.98. The summed E-state index contributed by atoms with van der Waals surface area (Å²) in [5.41, 5.74) is 3.39. The summed E-state index contributed by atoms with van der Waals surface area (Å²) in [6.07, 6.45) is 4.49. The second kappa shape index (κ2) is 7.78. The van der Waals surface area contributed by atoms with Crippen LogP contribution in [0, 0.1) is 0 Å². The molecule has 0 aliphatic carbocycles. The van der Waals surface area contributed by atoms with Crippen molar-refractivity contribution in [1.29, 1.82) is 0 Å². The van der Waals surface area contributed by atoms with E-state index in [-0.39, 0.29) is 17.4 Å². The molecule has 2 aromatic carbocycles. The smallest absolute Gasteiger partial charge is 0.324 e. The average Bonchev–Trinajstić information content (AvgIpc) is 3.43. The monoisotopic (exact) mass is 403 g/mol. The molecule has 3 heterocycles. The fraction of sp³-hybridized carbons (Fsp3) is 0.440. The Morgan fingerprint density at radius 1 is 0.800 bits per heavy atom. The van der Waals surface area contributed by atoms with Crippen molar-refractivity contribution in [3.63, 3.8) is 0 Å². The summed E-state index contributed by atoms with van der Waals surface area (Å²) in [6, 6.07) is 18.5. The lowest BCUT2D eigenvalue weighted by atomic mass is 9.74. The minimum atomic E-state index is -0.0322. The largest absolute Gasteiger partial charge is 0.342 e. The predicted octanol–water partition coefficient (Wildman–Crippen LogP) is 3.83. The van der Waals surface area contributed by atoms with Crippen LogP contribution in [0.4, 0.5) is 10.5 Å². The summed E-state index contributed by atoms with van der Waals surface area (Å²) in [5, 5.41) is 0. The van der Waals surface area contributed by atoms with Gasteiger partial charge in [-0.1, -0.05) is 48.5 Å². The molecule has 2 fully saturated rings. The zero-order valence-electron chi connectivity index (χ0n) is 17.4. The Bertz CT molecular complexity index is 928. The van der Waals surface area contributed by atoms with E-state index in [2.05, 4.69) is 18.2 Å². The highest BCUT2D eigenvalue weighted by Crippen LogP contribution is 2.47. The lowest BCUT2D eigenvalue weighted by molar-refractivity contribution is -0.132. The number of likely N-dealkylation sites (tertiary alicyclic amines) is 2. The molecule has 0 bridgehead atoms. The molecule has 30 heavy (non-hydrogen) atoms. The van der Waals surface area contributed by atoms with Crippen LogP contribution in [0.25, 0.3) is 0 Å². The predicted molar refractivity (Wildman–Crippen MR) is 118 cm³/mol. The number of piperidine rings is 1. The van der Waals surface area contributed by atoms with Gasteiger partial charge in [-0.25, -0.2) is 4.79 Å². The number of hydrogen-bond acceptors (Lipinski definition) is 2. The molecule has 0 N–H and O–H groups in total. The number of amides is 3. The third kappa shape index (κ3) is 3.36. The molecular formula is C25H29N3O2. The zero-order valence-corrected chi connectivity index (χ0v) is 17.4. The fourth-order valence-corrected chi connectivity index (χ4v) is 5.37. The number of hydrogen-bond donors (Lipinski definition) is 0.